The molecule has 14 heavy (non-hydrogen) atoms. The van der Waals surface area contributed by atoms with E-state index in [0.29, 0.717) is 11.5 Å². The van der Waals surface area contributed by atoms with E-state index in [1.807, 2.05) is 0 Å². The van der Waals surface area contributed by atoms with E-state index in [0.717, 1.165) is 12.5 Å². The lowest BCUT2D eigenvalue weighted by Crippen LogP contribution is -2.03. The normalized spacial score (nSPS) is 13.0. The van der Waals surface area contributed by atoms with Crippen molar-refractivity contribution in [3.63, 3.8) is 0 Å². The molecule has 9 heteroatoms. The molecule has 1 aromatic rings. The molecule has 6 nitrogen and oxygen atoms in total. The lowest BCUT2D eigenvalue weighted by Gasteiger charge is -1.90. The summed E-state index contributed by atoms with van der Waals surface area (Å²) in [6, 6.07) is 0. The van der Waals surface area contributed by atoms with Gasteiger partial charge in [0.15, 0.2) is 15.7 Å². The molecule has 0 aliphatic heterocycles. The fourth-order valence-corrected chi connectivity index (χ4v) is 2.72. The molecule has 1 rings (SSSR count). The molecule has 0 aliphatic carbocycles. The molecule has 0 unspecified atom stereocenters. The fraction of sp³-hybridized carbons (Fsp3) is 0.600. The van der Waals surface area contributed by atoms with Gasteiger partial charge in [-0.1, -0.05) is 0 Å². The van der Waals surface area contributed by atoms with Crippen LogP contribution in [0, 0.1) is 0 Å². The zero-order valence-corrected chi connectivity index (χ0v) is 9.91. The molecule has 0 saturated carbocycles. The topological polar surface area (TPSA) is 94.1 Å². The summed E-state index contributed by atoms with van der Waals surface area (Å²) in [5.74, 6) is -0.308. The van der Waals surface area contributed by atoms with Crippen LogP contribution in [0.5, 0.6) is 0 Å². The summed E-state index contributed by atoms with van der Waals surface area (Å²) in [7, 11) is -6.61. The minimum atomic E-state index is -3.39. The Balaban J connectivity index is 3.02. The molecule has 0 bridgehead atoms. The molecule has 1 aromatic heterocycles. The Hall–Kier alpha value is -0.540. The van der Waals surface area contributed by atoms with E-state index < -0.39 is 19.7 Å². The van der Waals surface area contributed by atoms with Crippen LogP contribution in [0.1, 0.15) is 5.82 Å². The molecule has 0 spiro atoms. The molecule has 0 fully saturated rings. The van der Waals surface area contributed by atoms with Gasteiger partial charge in [-0.15, -0.1) is 0 Å². The number of nitrogens with zero attached hydrogens (tertiary/aromatic N) is 2. The van der Waals surface area contributed by atoms with Gasteiger partial charge >= 0.3 is 0 Å². The Morgan fingerprint density at radius 1 is 1.21 bits per heavy atom. The summed E-state index contributed by atoms with van der Waals surface area (Å²) in [6.07, 6.45) is 2.03. The van der Waals surface area contributed by atoms with Crippen LogP contribution in [0.25, 0.3) is 0 Å². The first kappa shape index (κ1) is 11.5. The maximum Gasteiger partial charge on any atom is 0.228 e. The molecule has 0 amide bonds. The molecule has 0 radical (unpaired) electrons. The highest BCUT2D eigenvalue weighted by Gasteiger charge is 2.16. The third-order valence-corrected chi connectivity index (χ3v) is 4.35. The lowest BCUT2D eigenvalue weighted by molar-refractivity contribution is 0.596. The standard InChI is InChI=1S/C5H8N2O4S3/c1-13(8,9)3-4-6-5(12-7-4)14(2,10)11/h3H2,1-2H3. The predicted octanol–water partition coefficient (Wildman–Crippen LogP) is -0.514. The van der Waals surface area contributed by atoms with Crippen LogP contribution in [0.3, 0.4) is 0 Å². The van der Waals surface area contributed by atoms with E-state index in [-0.39, 0.29) is 15.9 Å². The van der Waals surface area contributed by atoms with Crippen molar-refractivity contribution in [1.29, 1.82) is 0 Å². The van der Waals surface area contributed by atoms with Gasteiger partial charge in [-0.2, -0.15) is 4.37 Å². The molecule has 0 aliphatic rings. The Morgan fingerprint density at radius 2 is 1.79 bits per heavy atom. The van der Waals surface area contributed by atoms with Crippen LogP contribution in [-0.2, 0) is 25.4 Å². The van der Waals surface area contributed by atoms with E-state index in [4.69, 9.17) is 0 Å². The van der Waals surface area contributed by atoms with Crippen molar-refractivity contribution < 1.29 is 16.8 Å². The summed E-state index contributed by atoms with van der Waals surface area (Å²) in [4.78, 5) is 3.61. The van der Waals surface area contributed by atoms with Crippen molar-refractivity contribution >= 4 is 31.2 Å². The van der Waals surface area contributed by atoms with Crippen LogP contribution < -0.4 is 0 Å². The summed E-state index contributed by atoms with van der Waals surface area (Å²) in [5.41, 5.74) is 0. The Morgan fingerprint density at radius 3 is 2.14 bits per heavy atom. The molecular formula is C5H8N2O4S3. The summed E-state index contributed by atoms with van der Waals surface area (Å²) in [6.45, 7) is 0. The van der Waals surface area contributed by atoms with Gasteiger partial charge in [0.1, 0.15) is 5.75 Å². The van der Waals surface area contributed by atoms with Crippen molar-refractivity contribution in [2.45, 2.75) is 10.1 Å². The van der Waals surface area contributed by atoms with E-state index in [1.54, 1.807) is 0 Å². The molecule has 0 saturated heterocycles. The largest absolute Gasteiger partial charge is 0.229 e. The Bertz CT molecular complexity index is 527. The van der Waals surface area contributed by atoms with E-state index in [1.165, 1.54) is 0 Å². The third kappa shape index (κ3) is 3.31. The molecule has 0 N–H and O–H groups in total. The van der Waals surface area contributed by atoms with Crippen molar-refractivity contribution in [1.82, 2.24) is 9.36 Å². The first-order chi connectivity index (χ1) is 6.18. The van der Waals surface area contributed by atoms with E-state index in [9.17, 15) is 16.8 Å². The predicted molar refractivity (Wildman–Crippen MR) is 51.6 cm³/mol. The van der Waals surface area contributed by atoms with Gasteiger partial charge in [0.25, 0.3) is 0 Å². The number of aromatic nitrogens is 2. The monoisotopic (exact) mass is 256 g/mol. The maximum atomic E-state index is 11.0. The third-order valence-electron chi connectivity index (χ3n) is 1.16. The summed E-state index contributed by atoms with van der Waals surface area (Å²) >= 11 is 0.684. The minimum Gasteiger partial charge on any atom is -0.229 e. The van der Waals surface area contributed by atoms with Crippen molar-refractivity contribution in [3.8, 4) is 0 Å². The maximum absolute atomic E-state index is 11.0. The first-order valence-corrected chi connectivity index (χ1v) is 8.11. The van der Waals surface area contributed by atoms with Gasteiger partial charge in [-0.3, -0.25) is 0 Å². The summed E-state index contributed by atoms with van der Waals surface area (Å²) < 4.78 is 47.1. The number of sulfone groups is 2. The number of hydrogen-bond donors (Lipinski definition) is 0. The van der Waals surface area contributed by atoms with Gasteiger partial charge in [0, 0.05) is 12.5 Å². The van der Waals surface area contributed by atoms with E-state index in [2.05, 4.69) is 9.36 Å². The van der Waals surface area contributed by atoms with Crippen LogP contribution in [0.4, 0.5) is 0 Å². The van der Waals surface area contributed by atoms with Crippen molar-refractivity contribution in [2.75, 3.05) is 12.5 Å². The molecule has 80 valence electrons. The number of hydrogen-bond acceptors (Lipinski definition) is 7. The van der Waals surface area contributed by atoms with Gasteiger partial charge in [0.05, 0.1) is 0 Å². The van der Waals surface area contributed by atoms with Gasteiger partial charge in [0.2, 0.25) is 14.2 Å². The quantitative estimate of drug-likeness (QED) is 0.722. The average Bonchev–Trinajstić information content (AvgIpc) is 2.29. The lowest BCUT2D eigenvalue weighted by atomic mass is 10.7. The average molecular weight is 256 g/mol. The van der Waals surface area contributed by atoms with Gasteiger partial charge in [-0.05, 0) is 11.5 Å². The Labute approximate surface area is 86.0 Å². The SMILES string of the molecule is CS(=O)(=O)Cc1nsc(S(C)(=O)=O)n1. The second-order valence-electron chi connectivity index (χ2n) is 2.82. The summed E-state index contributed by atoms with van der Waals surface area (Å²) in [5, 5.41) is 0. The van der Waals surface area contributed by atoms with Gasteiger partial charge in [-0.25, -0.2) is 21.8 Å². The second kappa shape index (κ2) is 3.55. The molecule has 0 atom stereocenters. The molecule has 0 aromatic carbocycles. The first-order valence-electron chi connectivity index (χ1n) is 3.39. The van der Waals surface area contributed by atoms with Crippen LogP contribution >= 0.6 is 11.5 Å². The molecular weight excluding hydrogens is 248 g/mol. The van der Waals surface area contributed by atoms with Crippen molar-refractivity contribution in [3.05, 3.63) is 5.82 Å². The van der Waals surface area contributed by atoms with Crippen LogP contribution in [-0.4, -0.2) is 38.7 Å². The smallest absolute Gasteiger partial charge is 0.228 e. The van der Waals surface area contributed by atoms with Gasteiger partial charge < -0.3 is 0 Å². The Kier molecular flexibility index (Phi) is 2.93. The van der Waals surface area contributed by atoms with Crippen molar-refractivity contribution in [2.24, 2.45) is 0 Å². The fourth-order valence-electron chi connectivity index (χ4n) is 0.682. The minimum absolute atomic E-state index is 0.0259. The zero-order chi connectivity index (χ0) is 11.0. The highest BCUT2D eigenvalue weighted by molar-refractivity contribution is 7.92. The van der Waals surface area contributed by atoms with Crippen LogP contribution in [0.15, 0.2) is 4.34 Å². The second-order valence-corrected chi connectivity index (χ2v) is 7.90. The molecule has 1 heterocycles. The number of rotatable bonds is 3. The highest BCUT2D eigenvalue weighted by atomic mass is 32.2. The van der Waals surface area contributed by atoms with Crippen LogP contribution in [0.2, 0.25) is 0 Å². The highest BCUT2D eigenvalue weighted by Crippen LogP contribution is 2.12. The van der Waals surface area contributed by atoms with E-state index >= 15 is 0 Å². The zero-order valence-electron chi connectivity index (χ0n) is 7.46.